The van der Waals surface area contributed by atoms with E-state index in [-0.39, 0.29) is 12.5 Å². The van der Waals surface area contributed by atoms with Crippen LogP contribution in [0.2, 0.25) is 0 Å². The summed E-state index contributed by atoms with van der Waals surface area (Å²) in [6.07, 6.45) is 2.04. The van der Waals surface area contributed by atoms with Crippen LogP contribution in [0.1, 0.15) is 16.7 Å². The van der Waals surface area contributed by atoms with Gasteiger partial charge in [-0.1, -0.05) is 18.2 Å². The maximum Gasteiger partial charge on any atom is 0.258 e. The molecule has 0 radical (unpaired) electrons. The molecule has 116 valence electrons. The van der Waals surface area contributed by atoms with Crippen molar-refractivity contribution < 1.29 is 9.53 Å². The van der Waals surface area contributed by atoms with Crippen LogP contribution in [-0.2, 0) is 11.3 Å². The van der Waals surface area contributed by atoms with Crippen LogP contribution in [0.25, 0.3) is 0 Å². The van der Waals surface area contributed by atoms with Crippen LogP contribution in [-0.4, -0.2) is 18.8 Å². The summed E-state index contributed by atoms with van der Waals surface area (Å²) in [6.45, 7) is 4.58. The molecule has 0 saturated carbocycles. The molecule has 2 aromatic carbocycles. The Morgan fingerprint density at radius 3 is 2.32 bits per heavy atom. The molecule has 0 aliphatic rings. The van der Waals surface area contributed by atoms with Gasteiger partial charge in [0.15, 0.2) is 6.61 Å². The van der Waals surface area contributed by atoms with Gasteiger partial charge in [-0.25, -0.2) is 0 Å². The Morgan fingerprint density at radius 1 is 1.09 bits per heavy atom. The third-order valence-electron chi connectivity index (χ3n) is 3.21. The van der Waals surface area contributed by atoms with Gasteiger partial charge in [0.25, 0.3) is 5.91 Å². The lowest BCUT2D eigenvalue weighted by atomic mass is 10.1. The smallest absolute Gasteiger partial charge is 0.258 e. The number of benzene rings is 2. The van der Waals surface area contributed by atoms with Crippen LogP contribution in [0.4, 0.5) is 0 Å². The summed E-state index contributed by atoms with van der Waals surface area (Å²) in [5, 5.41) is 2.87. The summed E-state index contributed by atoms with van der Waals surface area (Å²) in [5.41, 5.74) is 3.34. The average Bonchev–Trinajstić information content (AvgIpc) is 2.50. The molecule has 1 N–H and O–H groups in total. The molecule has 0 aliphatic heterocycles. The van der Waals surface area contributed by atoms with Crippen LogP contribution in [0.5, 0.6) is 5.75 Å². The maximum atomic E-state index is 11.8. The highest BCUT2D eigenvalue weighted by Crippen LogP contribution is 2.16. The first-order valence-electron chi connectivity index (χ1n) is 7.17. The molecule has 0 spiro atoms. The summed E-state index contributed by atoms with van der Waals surface area (Å²) in [7, 11) is 0. The average molecular weight is 315 g/mol. The third kappa shape index (κ3) is 5.11. The van der Waals surface area contributed by atoms with Gasteiger partial charge >= 0.3 is 0 Å². The van der Waals surface area contributed by atoms with E-state index in [1.807, 2.05) is 44.4 Å². The van der Waals surface area contributed by atoms with Crippen molar-refractivity contribution in [3.63, 3.8) is 0 Å². The number of hydrogen-bond acceptors (Lipinski definition) is 3. The lowest BCUT2D eigenvalue weighted by molar-refractivity contribution is -0.123. The second kappa shape index (κ2) is 7.90. The molecule has 0 unspecified atom stereocenters. The van der Waals surface area contributed by atoms with Crippen LogP contribution in [0.15, 0.2) is 47.4 Å². The van der Waals surface area contributed by atoms with Crippen molar-refractivity contribution >= 4 is 17.7 Å². The van der Waals surface area contributed by atoms with Gasteiger partial charge in [-0.3, -0.25) is 4.79 Å². The molecule has 3 nitrogen and oxygen atoms in total. The van der Waals surface area contributed by atoms with Gasteiger partial charge in [-0.2, -0.15) is 0 Å². The van der Waals surface area contributed by atoms with E-state index in [1.54, 1.807) is 11.8 Å². The minimum atomic E-state index is -0.117. The lowest BCUT2D eigenvalue weighted by Crippen LogP contribution is -2.28. The molecule has 2 aromatic rings. The van der Waals surface area contributed by atoms with E-state index in [1.165, 1.54) is 4.90 Å². The summed E-state index contributed by atoms with van der Waals surface area (Å²) in [6, 6.07) is 14.1. The van der Waals surface area contributed by atoms with Gasteiger partial charge in [0, 0.05) is 11.4 Å². The van der Waals surface area contributed by atoms with Crippen molar-refractivity contribution in [1.29, 1.82) is 0 Å². The number of ether oxygens (including phenoxy) is 1. The fourth-order valence-electron chi connectivity index (χ4n) is 2.16. The molecular weight excluding hydrogens is 294 g/mol. The van der Waals surface area contributed by atoms with Crippen molar-refractivity contribution in [2.45, 2.75) is 25.3 Å². The van der Waals surface area contributed by atoms with Crippen LogP contribution in [0, 0.1) is 13.8 Å². The van der Waals surface area contributed by atoms with E-state index in [2.05, 4.69) is 23.5 Å². The highest BCUT2D eigenvalue weighted by Gasteiger charge is 2.04. The Hall–Kier alpha value is -1.94. The number of carbonyl (C=O) groups excluding carboxylic acids is 1. The second-order valence-electron chi connectivity index (χ2n) is 5.24. The highest BCUT2D eigenvalue weighted by atomic mass is 32.2. The SMILES string of the molecule is CSc1ccc(CNC(=O)COc2cc(C)cc(C)c2)cc1. The van der Waals surface area contributed by atoms with Gasteiger partial charge in [-0.15, -0.1) is 11.8 Å². The first-order chi connectivity index (χ1) is 10.6. The number of amides is 1. The van der Waals surface area contributed by atoms with E-state index < -0.39 is 0 Å². The van der Waals surface area contributed by atoms with Crippen molar-refractivity contribution in [3.05, 3.63) is 59.2 Å². The standard InChI is InChI=1S/C18H21NO2S/c1-13-8-14(2)10-16(9-13)21-12-18(20)19-11-15-4-6-17(22-3)7-5-15/h4-10H,11-12H2,1-3H3,(H,19,20). The van der Waals surface area contributed by atoms with Crippen molar-refractivity contribution in [2.75, 3.05) is 12.9 Å². The van der Waals surface area contributed by atoms with Crippen LogP contribution in [0.3, 0.4) is 0 Å². The van der Waals surface area contributed by atoms with E-state index >= 15 is 0 Å². The summed E-state index contributed by atoms with van der Waals surface area (Å²) in [5.74, 6) is 0.616. The maximum absolute atomic E-state index is 11.8. The minimum Gasteiger partial charge on any atom is -0.484 e. The Morgan fingerprint density at radius 2 is 1.73 bits per heavy atom. The van der Waals surface area contributed by atoms with E-state index in [4.69, 9.17) is 4.74 Å². The number of rotatable bonds is 6. The van der Waals surface area contributed by atoms with Crippen molar-refractivity contribution in [3.8, 4) is 5.75 Å². The highest BCUT2D eigenvalue weighted by molar-refractivity contribution is 7.98. The molecule has 4 heteroatoms. The monoisotopic (exact) mass is 315 g/mol. The van der Waals surface area contributed by atoms with E-state index in [9.17, 15) is 4.79 Å². The quantitative estimate of drug-likeness (QED) is 0.826. The molecule has 0 aromatic heterocycles. The molecule has 0 atom stereocenters. The zero-order valence-corrected chi connectivity index (χ0v) is 14.0. The Kier molecular flexibility index (Phi) is 5.90. The summed E-state index contributed by atoms with van der Waals surface area (Å²) in [4.78, 5) is 13.1. The molecule has 0 aliphatic carbocycles. The van der Waals surface area contributed by atoms with Gasteiger partial charge in [0.2, 0.25) is 0 Å². The molecule has 0 saturated heterocycles. The predicted molar refractivity (Wildman–Crippen MR) is 91.5 cm³/mol. The Labute approximate surface area is 136 Å². The molecule has 1 amide bonds. The van der Waals surface area contributed by atoms with Crippen molar-refractivity contribution in [1.82, 2.24) is 5.32 Å². The molecule has 22 heavy (non-hydrogen) atoms. The topological polar surface area (TPSA) is 38.3 Å². The molecule has 0 heterocycles. The zero-order valence-electron chi connectivity index (χ0n) is 13.2. The largest absolute Gasteiger partial charge is 0.484 e. The van der Waals surface area contributed by atoms with E-state index in [0.717, 1.165) is 22.4 Å². The normalized spacial score (nSPS) is 10.3. The fraction of sp³-hybridized carbons (Fsp3) is 0.278. The number of carbonyl (C=O) groups is 1. The zero-order chi connectivity index (χ0) is 15.9. The van der Waals surface area contributed by atoms with Crippen LogP contribution < -0.4 is 10.1 Å². The number of hydrogen-bond donors (Lipinski definition) is 1. The van der Waals surface area contributed by atoms with Crippen molar-refractivity contribution in [2.24, 2.45) is 0 Å². The number of nitrogens with one attached hydrogen (secondary N) is 1. The third-order valence-corrected chi connectivity index (χ3v) is 3.96. The summed E-state index contributed by atoms with van der Waals surface area (Å²) < 4.78 is 5.54. The van der Waals surface area contributed by atoms with Gasteiger partial charge in [0.1, 0.15) is 5.75 Å². The second-order valence-corrected chi connectivity index (χ2v) is 6.12. The van der Waals surface area contributed by atoms with Crippen LogP contribution >= 0.6 is 11.8 Å². The first kappa shape index (κ1) is 16.4. The first-order valence-corrected chi connectivity index (χ1v) is 8.40. The predicted octanol–water partition coefficient (Wildman–Crippen LogP) is 3.72. The molecule has 0 bridgehead atoms. The summed E-state index contributed by atoms with van der Waals surface area (Å²) >= 11 is 1.70. The Balaban J connectivity index is 1.80. The Bertz CT molecular complexity index is 618. The number of aryl methyl sites for hydroxylation is 2. The van der Waals surface area contributed by atoms with E-state index in [0.29, 0.717) is 6.54 Å². The molecular formula is C18H21NO2S. The van der Waals surface area contributed by atoms with Gasteiger partial charge in [0.05, 0.1) is 0 Å². The lowest BCUT2D eigenvalue weighted by Gasteiger charge is -2.09. The van der Waals surface area contributed by atoms with Gasteiger partial charge in [-0.05, 0) is 61.1 Å². The van der Waals surface area contributed by atoms with Gasteiger partial charge < -0.3 is 10.1 Å². The molecule has 2 rings (SSSR count). The minimum absolute atomic E-state index is 0.0335. The molecule has 0 fully saturated rings. The number of thioether (sulfide) groups is 1. The fourth-order valence-corrected chi connectivity index (χ4v) is 2.57.